The minimum absolute atomic E-state index is 0. The first kappa shape index (κ1) is 51.5. The van der Waals surface area contributed by atoms with E-state index < -0.39 is 27.1 Å². The van der Waals surface area contributed by atoms with Crippen LogP contribution in [0.3, 0.4) is 0 Å². The molecule has 1 unspecified atom stereocenters. The molecule has 0 radical (unpaired) electrons. The van der Waals surface area contributed by atoms with Crippen LogP contribution in [0.5, 0.6) is 34.5 Å². The average molecular weight is 795 g/mol. The topological polar surface area (TPSA) is 201 Å². The van der Waals surface area contributed by atoms with Gasteiger partial charge in [0, 0.05) is 11.1 Å². The van der Waals surface area contributed by atoms with E-state index in [-0.39, 0.29) is 111 Å². The monoisotopic (exact) mass is 794 g/mol. The van der Waals surface area contributed by atoms with E-state index in [2.05, 4.69) is 15.1 Å². The number of aryl methyl sites for hydroxylation is 4. The molecule has 0 aliphatic heterocycles. The molecule has 1 atom stereocenters. The summed E-state index contributed by atoms with van der Waals surface area (Å²) in [4.78, 5) is 42.5. The quantitative estimate of drug-likeness (QED) is 0.0640. The van der Waals surface area contributed by atoms with Gasteiger partial charge in [-0.1, -0.05) is 60.7 Å². The number of phosphoric acid groups is 2. The molecule has 0 saturated heterocycles. The number of methoxy groups -OCH3 is 2. The van der Waals surface area contributed by atoms with Gasteiger partial charge in [0.05, 0.1) is 14.2 Å². The number of hydrogen-bond acceptors (Lipinski definition) is 11. The van der Waals surface area contributed by atoms with Crippen molar-refractivity contribution in [3.05, 3.63) is 104 Å². The Labute approximate surface area is 376 Å². The fourth-order valence-corrected chi connectivity index (χ4v) is 5.64. The average Bonchev–Trinajstić information content (AvgIpc) is 3.03. The van der Waals surface area contributed by atoms with Gasteiger partial charge in [-0.3, -0.25) is 4.57 Å². The van der Waals surface area contributed by atoms with Gasteiger partial charge in [-0.2, -0.15) is 0 Å². The molecule has 0 bridgehead atoms. The van der Waals surface area contributed by atoms with Crippen molar-refractivity contribution in [2.75, 3.05) is 14.2 Å². The Kier molecular flexibility index (Phi) is 21.6. The van der Waals surface area contributed by atoms with Gasteiger partial charge in [-0.15, -0.1) is 0 Å². The van der Waals surface area contributed by atoms with Crippen LogP contribution in [-0.2, 0) is 9.13 Å². The maximum absolute atomic E-state index is 11.2. The van der Waals surface area contributed by atoms with Crippen LogP contribution in [0.15, 0.2) is 48.5 Å². The molecule has 268 valence electrons. The summed E-state index contributed by atoms with van der Waals surface area (Å²) in [7, 11) is -7.67. The predicted molar refractivity (Wildman–Crippen MR) is 187 cm³/mol. The molecule has 17 heteroatoms. The molecule has 0 heterocycles. The van der Waals surface area contributed by atoms with E-state index in [9.17, 15) is 34.0 Å². The molecule has 0 aromatic heterocycles. The van der Waals surface area contributed by atoms with Crippen LogP contribution in [0.4, 0.5) is 0 Å². The van der Waals surface area contributed by atoms with Crippen LogP contribution in [-0.4, -0.2) is 29.3 Å². The van der Waals surface area contributed by atoms with E-state index in [4.69, 9.17) is 14.4 Å². The maximum Gasteiger partial charge on any atom is 1.00 e. The number of rotatable bonds is 10. The van der Waals surface area contributed by atoms with Gasteiger partial charge < -0.3 is 52.9 Å². The Morgan fingerprint density at radius 1 is 0.566 bits per heavy atom. The summed E-state index contributed by atoms with van der Waals surface area (Å²) in [6.07, 6.45) is 6.66. The fourth-order valence-electron chi connectivity index (χ4n) is 4.77. The number of hydrogen-bond donors (Lipinski definition) is 3. The molecule has 0 fully saturated rings. The zero-order valence-corrected chi connectivity index (χ0v) is 39.6. The van der Waals surface area contributed by atoms with Crippen molar-refractivity contribution in [2.24, 2.45) is 0 Å². The second-order valence-electron chi connectivity index (χ2n) is 11.4. The zero-order valence-electron chi connectivity index (χ0n) is 31.8. The number of phosphoric ester groups is 2. The minimum atomic E-state index is -5.56. The van der Waals surface area contributed by atoms with Gasteiger partial charge in [-0.25, -0.2) is 0 Å². The molecule has 53 heavy (non-hydrogen) atoms. The Balaban J connectivity index is 0.00000101. The summed E-state index contributed by atoms with van der Waals surface area (Å²) in [5.41, 5.74) is 7.24. The van der Waals surface area contributed by atoms with Crippen LogP contribution < -0.4 is 122 Å². The number of phenolic OH excluding ortho intramolecular Hbond substituents is 2. The van der Waals surface area contributed by atoms with Gasteiger partial charge >= 0.3 is 96.5 Å². The summed E-state index contributed by atoms with van der Waals surface area (Å²) in [6.45, 7) is 11.0. The van der Waals surface area contributed by atoms with Crippen molar-refractivity contribution in [1.82, 2.24) is 0 Å². The van der Waals surface area contributed by atoms with E-state index in [0.717, 1.165) is 33.6 Å². The number of aromatic hydroxyl groups is 2. The summed E-state index contributed by atoms with van der Waals surface area (Å²) < 4.78 is 41.9. The van der Waals surface area contributed by atoms with Gasteiger partial charge in [0.1, 0.15) is 19.3 Å². The number of ether oxygens (including phenoxy) is 2. The van der Waals surface area contributed by atoms with Crippen LogP contribution in [0.1, 0.15) is 55.6 Å². The third-order valence-electron chi connectivity index (χ3n) is 7.77. The van der Waals surface area contributed by atoms with Crippen molar-refractivity contribution in [2.45, 2.75) is 41.5 Å². The first-order chi connectivity index (χ1) is 23.2. The van der Waals surface area contributed by atoms with E-state index >= 15 is 0 Å². The molecule has 0 amide bonds. The number of phenols is 2. The van der Waals surface area contributed by atoms with Crippen LogP contribution in [0, 0.1) is 41.5 Å². The summed E-state index contributed by atoms with van der Waals surface area (Å²) in [5.74, 6) is 0.0702. The SMILES string of the molecule is COc1cc(/C=C\c2ccc(C)c(O)c2O)cc(C)c1C.COc1cc(/C=C\c2ccc(C)c(OP(=O)([O-])O)c2OP(=O)([O-])[O-])cc(C)c1C.[Na+].[Na+].[Na+]. The minimum Gasteiger partial charge on any atom is -0.780 e. The second-order valence-corrected chi connectivity index (χ2v) is 13.6. The van der Waals surface area contributed by atoms with E-state index in [1.54, 1.807) is 44.4 Å². The molecular formula is C36H39Na3O12P2. The van der Waals surface area contributed by atoms with Crippen LogP contribution in [0.2, 0.25) is 0 Å². The zero-order chi connectivity index (χ0) is 37.6. The molecule has 4 rings (SSSR count). The summed E-state index contributed by atoms with van der Waals surface area (Å²) >= 11 is 0. The van der Waals surface area contributed by atoms with Gasteiger partial charge in [0.2, 0.25) is 0 Å². The van der Waals surface area contributed by atoms with Gasteiger partial charge in [0.15, 0.2) is 23.0 Å². The largest absolute Gasteiger partial charge is 1.00 e. The Hall–Kier alpha value is -1.54. The number of benzene rings is 4. The Morgan fingerprint density at radius 2 is 1.00 bits per heavy atom. The van der Waals surface area contributed by atoms with E-state index in [1.165, 1.54) is 32.2 Å². The molecule has 0 saturated carbocycles. The normalized spacial score (nSPS) is 12.0. The predicted octanol–water partition coefficient (Wildman–Crippen LogP) is -2.95. The Bertz CT molecular complexity index is 2040. The van der Waals surface area contributed by atoms with Gasteiger partial charge in [-0.05, 0) is 98.2 Å². The molecule has 4 aromatic rings. The first-order valence-electron chi connectivity index (χ1n) is 15.0. The third-order valence-corrected chi connectivity index (χ3v) is 8.59. The molecule has 0 aliphatic carbocycles. The standard InChI is InChI=1S/C18H22O9P2.C18H20O3.3Na/c1-11-5-7-15(8-6-14-9-12(2)13(3)16(10-14)25-4)18(27-29(22,23)24)17(11)26-28(19,20)21;1-11-5-7-15(18(20)17(11)19)8-6-14-9-12(2)13(3)16(10-14)21-4;;;/h5-10H,1-4H3,(H2,19,20,21)(H2,22,23,24);5-10,19-20H,1-4H3;;;/q;;3*+1/p-3/b2*8-6-;;;. The molecular weight excluding hydrogens is 755 g/mol. The molecule has 12 nitrogen and oxygen atoms in total. The van der Waals surface area contributed by atoms with Crippen molar-refractivity contribution >= 4 is 39.9 Å². The van der Waals surface area contributed by atoms with E-state index in [0.29, 0.717) is 22.4 Å². The van der Waals surface area contributed by atoms with Gasteiger partial charge in [0.25, 0.3) is 0 Å². The van der Waals surface area contributed by atoms with Crippen molar-refractivity contribution in [1.29, 1.82) is 0 Å². The summed E-state index contributed by atoms with van der Waals surface area (Å²) in [6, 6.07) is 14.0. The maximum atomic E-state index is 11.2. The van der Waals surface area contributed by atoms with E-state index in [1.807, 2.05) is 45.9 Å². The van der Waals surface area contributed by atoms with Crippen molar-refractivity contribution in [3.63, 3.8) is 0 Å². The third kappa shape index (κ3) is 15.1. The Morgan fingerprint density at radius 3 is 1.43 bits per heavy atom. The van der Waals surface area contributed by atoms with Crippen LogP contribution in [0.25, 0.3) is 24.3 Å². The fraction of sp³-hybridized carbons (Fsp3) is 0.222. The second kappa shape index (κ2) is 22.3. The first-order valence-corrected chi connectivity index (χ1v) is 18.0. The van der Waals surface area contributed by atoms with Crippen LogP contribution >= 0.6 is 15.6 Å². The summed E-state index contributed by atoms with van der Waals surface area (Å²) in [5, 5.41) is 19.7. The van der Waals surface area contributed by atoms with Crippen molar-refractivity contribution < 1.29 is 146 Å². The molecule has 3 N–H and O–H groups in total. The van der Waals surface area contributed by atoms with Crippen molar-refractivity contribution in [3.8, 4) is 34.5 Å². The molecule has 4 aromatic carbocycles. The molecule has 0 aliphatic rings. The smallest absolute Gasteiger partial charge is 0.780 e. The molecule has 0 spiro atoms.